The molecule has 1 amide bonds. The molecule has 0 radical (unpaired) electrons. The Kier molecular flexibility index (Phi) is 3.76. The lowest BCUT2D eigenvalue weighted by Crippen LogP contribution is -2.35. The monoisotopic (exact) mass is 275 g/mol. The minimum absolute atomic E-state index is 0.0255. The van der Waals surface area contributed by atoms with E-state index >= 15 is 0 Å². The highest BCUT2D eigenvalue weighted by Gasteiger charge is 2.43. The maximum absolute atomic E-state index is 12.0. The molecule has 3 rings (SSSR count). The van der Waals surface area contributed by atoms with E-state index in [1.54, 1.807) is 0 Å². The van der Waals surface area contributed by atoms with Crippen LogP contribution in [0, 0.1) is 6.92 Å². The molecule has 1 heterocycles. The summed E-state index contributed by atoms with van der Waals surface area (Å²) in [7, 11) is 0. The van der Waals surface area contributed by atoms with Crippen LogP contribution < -0.4 is 5.32 Å². The Morgan fingerprint density at radius 1 is 1.30 bits per heavy atom. The Morgan fingerprint density at radius 2 is 2.00 bits per heavy atom. The van der Waals surface area contributed by atoms with E-state index < -0.39 is 0 Å². The second-order valence-corrected chi connectivity index (χ2v) is 5.74. The molecule has 108 valence electrons. The molecule has 1 aromatic rings. The van der Waals surface area contributed by atoms with Gasteiger partial charge < -0.3 is 14.8 Å². The molecule has 4 nitrogen and oxygen atoms in total. The normalized spacial score (nSPS) is 24.1. The first-order chi connectivity index (χ1) is 9.67. The van der Waals surface area contributed by atoms with E-state index in [4.69, 9.17) is 9.47 Å². The highest BCUT2D eigenvalue weighted by molar-refractivity contribution is 5.94. The molecule has 1 N–H and O–H groups in total. The average Bonchev–Trinajstić information content (AvgIpc) is 3.08. The Bertz CT molecular complexity index is 477. The molecule has 1 spiro atoms. The van der Waals surface area contributed by atoms with Crippen LogP contribution in [0.15, 0.2) is 24.3 Å². The number of rotatable bonds is 3. The van der Waals surface area contributed by atoms with Gasteiger partial charge in [-0.25, -0.2) is 0 Å². The minimum Gasteiger partial charge on any atom is -0.349 e. The lowest BCUT2D eigenvalue weighted by molar-refractivity contribution is -0.161. The lowest BCUT2D eigenvalue weighted by atomic mass is 10.1. The smallest absolute Gasteiger partial charge is 0.251 e. The molecule has 0 bridgehead atoms. The van der Waals surface area contributed by atoms with Crippen LogP contribution in [0.3, 0.4) is 0 Å². The third kappa shape index (κ3) is 2.86. The number of nitrogens with one attached hydrogen (secondary N) is 1. The number of ether oxygens (including phenoxy) is 2. The Morgan fingerprint density at radius 3 is 2.70 bits per heavy atom. The third-order valence-electron chi connectivity index (χ3n) is 4.08. The average molecular weight is 275 g/mol. The van der Waals surface area contributed by atoms with Gasteiger partial charge in [0.15, 0.2) is 5.79 Å². The van der Waals surface area contributed by atoms with E-state index in [1.807, 2.05) is 31.2 Å². The first-order valence-electron chi connectivity index (χ1n) is 7.34. The van der Waals surface area contributed by atoms with E-state index in [0.29, 0.717) is 18.7 Å². The van der Waals surface area contributed by atoms with Gasteiger partial charge in [0.1, 0.15) is 6.10 Å². The van der Waals surface area contributed by atoms with Crippen molar-refractivity contribution in [3.8, 4) is 0 Å². The molecule has 2 aliphatic rings. The quantitative estimate of drug-likeness (QED) is 0.921. The van der Waals surface area contributed by atoms with Crippen LogP contribution in [-0.4, -0.2) is 30.9 Å². The minimum atomic E-state index is -0.348. The molecule has 20 heavy (non-hydrogen) atoms. The van der Waals surface area contributed by atoms with E-state index in [2.05, 4.69) is 5.32 Å². The van der Waals surface area contributed by atoms with Crippen molar-refractivity contribution in [1.29, 1.82) is 0 Å². The zero-order valence-corrected chi connectivity index (χ0v) is 11.9. The topological polar surface area (TPSA) is 47.6 Å². The third-order valence-corrected chi connectivity index (χ3v) is 4.08. The van der Waals surface area contributed by atoms with Crippen LogP contribution in [0.2, 0.25) is 0 Å². The Hall–Kier alpha value is -1.39. The van der Waals surface area contributed by atoms with Gasteiger partial charge in [-0.15, -0.1) is 0 Å². The molecular formula is C16H21NO3. The van der Waals surface area contributed by atoms with E-state index in [0.717, 1.165) is 18.4 Å². The van der Waals surface area contributed by atoms with Gasteiger partial charge in [0.25, 0.3) is 5.91 Å². The number of hydrogen-bond donors (Lipinski definition) is 1. The highest BCUT2D eigenvalue weighted by atomic mass is 16.7. The van der Waals surface area contributed by atoms with Crippen LogP contribution in [0.25, 0.3) is 0 Å². The van der Waals surface area contributed by atoms with Crippen molar-refractivity contribution in [3.63, 3.8) is 0 Å². The van der Waals surface area contributed by atoms with E-state index in [-0.39, 0.29) is 17.8 Å². The van der Waals surface area contributed by atoms with Crippen molar-refractivity contribution in [1.82, 2.24) is 5.32 Å². The molecule has 1 saturated carbocycles. The molecule has 2 fully saturated rings. The van der Waals surface area contributed by atoms with Gasteiger partial charge in [-0.05, 0) is 31.9 Å². The fourth-order valence-corrected chi connectivity index (χ4v) is 2.91. The maximum Gasteiger partial charge on any atom is 0.251 e. The van der Waals surface area contributed by atoms with Crippen LogP contribution in [-0.2, 0) is 9.47 Å². The molecule has 1 atom stereocenters. The van der Waals surface area contributed by atoms with Crippen LogP contribution in [0.4, 0.5) is 0 Å². The Balaban J connectivity index is 1.50. The van der Waals surface area contributed by atoms with Crippen molar-refractivity contribution < 1.29 is 14.3 Å². The number of benzene rings is 1. The second kappa shape index (κ2) is 5.54. The fourth-order valence-electron chi connectivity index (χ4n) is 2.91. The summed E-state index contributed by atoms with van der Waals surface area (Å²) in [5.41, 5.74) is 1.84. The first kappa shape index (κ1) is 13.6. The standard InChI is InChI=1S/C16H21NO3/c1-12-4-6-13(7-5-12)15(18)17-10-14-11-19-16(20-14)8-2-3-9-16/h4-7,14H,2-3,8-11H2,1H3,(H,17,18)/t14-/m1/s1. The molecular weight excluding hydrogens is 254 g/mol. The van der Waals surface area contributed by atoms with Gasteiger partial charge in [0, 0.05) is 24.9 Å². The van der Waals surface area contributed by atoms with Gasteiger partial charge in [0.2, 0.25) is 0 Å². The largest absolute Gasteiger partial charge is 0.349 e. The Labute approximate surface area is 119 Å². The van der Waals surface area contributed by atoms with Gasteiger partial charge in [-0.3, -0.25) is 4.79 Å². The molecule has 1 saturated heterocycles. The van der Waals surface area contributed by atoms with Crippen LogP contribution in [0.1, 0.15) is 41.6 Å². The van der Waals surface area contributed by atoms with Gasteiger partial charge in [-0.1, -0.05) is 17.7 Å². The van der Waals surface area contributed by atoms with E-state index in [1.165, 1.54) is 12.8 Å². The summed E-state index contributed by atoms with van der Waals surface area (Å²) in [6.07, 6.45) is 4.28. The van der Waals surface area contributed by atoms with Crippen LogP contribution >= 0.6 is 0 Å². The van der Waals surface area contributed by atoms with Crippen LogP contribution in [0.5, 0.6) is 0 Å². The SMILES string of the molecule is Cc1ccc(C(=O)NC[C@@H]2COC3(CCCC3)O2)cc1. The summed E-state index contributed by atoms with van der Waals surface area (Å²) in [5, 5.41) is 2.92. The van der Waals surface area contributed by atoms with Crippen molar-refractivity contribution in [2.24, 2.45) is 0 Å². The van der Waals surface area contributed by atoms with Gasteiger partial charge >= 0.3 is 0 Å². The second-order valence-electron chi connectivity index (χ2n) is 5.74. The summed E-state index contributed by atoms with van der Waals surface area (Å²) in [6.45, 7) is 3.09. The van der Waals surface area contributed by atoms with Crippen molar-refractivity contribution in [2.45, 2.75) is 44.5 Å². The summed E-state index contributed by atoms with van der Waals surface area (Å²) < 4.78 is 11.8. The molecule has 4 heteroatoms. The number of amides is 1. The van der Waals surface area contributed by atoms with Gasteiger partial charge in [0.05, 0.1) is 6.61 Å². The number of carbonyl (C=O) groups is 1. The van der Waals surface area contributed by atoms with E-state index in [9.17, 15) is 4.79 Å². The fraction of sp³-hybridized carbons (Fsp3) is 0.562. The number of carbonyl (C=O) groups excluding carboxylic acids is 1. The first-order valence-corrected chi connectivity index (χ1v) is 7.34. The number of hydrogen-bond acceptors (Lipinski definition) is 3. The summed E-state index contributed by atoms with van der Waals surface area (Å²) >= 11 is 0. The molecule has 1 aliphatic carbocycles. The van der Waals surface area contributed by atoms with Gasteiger partial charge in [-0.2, -0.15) is 0 Å². The summed E-state index contributed by atoms with van der Waals surface area (Å²) in [4.78, 5) is 12.0. The zero-order chi connectivity index (χ0) is 14.0. The zero-order valence-electron chi connectivity index (χ0n) is 11.9. The number of aryl methyl sites for hydroxylation is 1. The summed E-state index contributed by atoms with van der Waals surface area (Å²) in [6, 6.07) is 7.57. The summed E-state index contributed by atoms with van der Waals surface area (Å²) in [5.74, 6) is -0.403. The lowest BCUT2D eigenvalue weighted by Gasteiger charge is -2.21. The molecule has 0 aromatic heterocycles. The van der Waals surface area contributed by atoms with Crippen molar-refractivity contribution >= 4 is 5.91 Å². The molecule has 1 aliphatic heterocycles. The predicted molar refractivity (Wildman–Crippen MR) is 75.5 cm³/mol. The molecule has 1 aromatic carbocycles. The van der Waals surface area contributed by atoms with Crippen molar-refractivity contribution in [3.05, 3.63) is 35.4 Å². The highest BCUT2D eigenvalue weighted by Crippen LogP contribution is 2.38. The maximum atomic E-state index is 12.0. The molecule has 0 unspecified atom stereocenters. The predicted octanol–water partition coefficient (Wildman–Crippen LogP) is 2.41. The van der Waals surface area contributed by atoms with Crippen molar-refractivity contribution in [2.75, 3.05) is 13.2 Å².